The minimum absolute atomic E-state index is 0.235. The molecule has 0 amide bonds. The molecule has 0 heterocycles. The van der Waals surface area contributed by atoms with Crippen molar-refractivity contribution in [2.75, 3.05) is 0 Å². The molecule has 0 aliphatic heterocycles. The molecule has 0 bridgehead atoms. The van der Waals surface area contributed by atoms with Gasteiger partial charge >= 0.3 is 0 Å². The number of halogens is 1. The van der Waals surface area contributed by atoms with Crippen molar-refractivity contribution in [3.63, 3.8) is 0 Å². The van der Waals surface area contributed by atoms with Crippen LogP contribution in [0.5, 0.6) is 0 Å². The third-order valence-electron chi connectivity index (χ3n) is 2.80. The summed E-state index contributed by atoms with van der Waals surface area (Å²) >= 11 is 3.48. The van der Waals surface area contributed by atoms with Gasteiger partial charge in [0, 0.05) is 16.5 Å². The lowest BCUT2D eigenvalue weighted by Gasteiger charge is -2.06. The molecule has 0 aromatic heterocycles. The van der Waals surface area contributed by atoms with Crippen molar-refractivity contribution in [3.8, 4) is 0 Å². The molecule has 0 aliphatic carbocycles. The summed E-state index contributed by atoms with van der Waals surface area (Å²) in [4.78, 5) is 12.0. The maximum Gasteiger partial charge on any atom is 0.164 e. The molecule has 0 radical (unpaired) electrons. The molecular weight excluding hydrogens is 276 g/mol. The Kier molecular flexibility index (Phi) is 6.20. The molecule has 0 unspecified atom stereocenters. The van der Waals surface area contributed by atoms with Gasteiger partial charge in [0.1, 0.15) is 0 Å². The number of aryl methyl sites for hydroxylation is 1. The Balaban J connectivity index is 2.47. The van der Waals surface area contributed by atoms with Crippen molar-refractivity contribution in [2.45, 2.75) is 39.0 Å². The SMILES string of the molecule is C=CCCCCCC(=O)c1cccc(C)c1Br. The zero-order valence-corrected chi connectivity index (χ0v) is 11.9. The summed E-state index contributed by atoms with van der Waals surface area (Å²) in [6.07, 6.45) is 6.81. The summed E-state index contributed by atoms with van der Waals surface area (Å²) in [6.45, 7) is 5.69. The van der Waals surface area contributed by atoms with Crippen molar-refractivity contribution >= 4 is 21.7 Å². The second-order valence-corrected chi connectivity index (χ2v) is 5.04. The number of Topliss-reactive ketones (excluding diaryl/α,β-unsaturated/α-hetero) is 1. The first-order chi connectivity index (χ1) is 8.16. The lowest BCUT2D eigenvalue weighted by Crippen LogP contribution is -2.01. The van der Waals surface area contributed by atoms with Crippen LogP contribution in [0, 0.1) is 6.92 Å². The average Bonchev–Trinajstić information content (AvgIpc) is 2.32. The van der Waals surface area contributed by atoms with Crippen LogP contribution in [-0.2, 0) is 0 Å². The van der Waals surface area contributed by atoms with Gasteiger partial charge in [-0.25, -0.2) is 0 Å². The van der Waals surface area contributed by atoms with Gasteiger partial charge in [-0.05, 0) is 47.7 Å². The summed E-state index contributed by atoms with van der Waals surface area (Å²) in [5.41, 5.74) is 1.93. The van der Waals surface area contributed by atoms with Crippen molar-refractivity contribution in [1.82, 2.24) is 0 Å². The number of benzene rings is 1. The van der Waals surface area contributed by atoms with Gasteiger partial charge in [0.05, 0.1) is 0 Å². The summed E-state index contributed by atoms with van der Waals surface area (Å²) in [7, 11) is 0. The van der Waals surface area contributed by atoms with E-state index in [1.54, 1.807) is 0 Å². The molecule has 0 saturated carbocycles. The highest BCUT2D eigenvalue weighted by molar-refractivity contribution is 9.10. The van der Waals surface area contributed by atoms with E-state index in [2.05, 4.69) is 22.5 Å². The quantitative estimate of drug-likeness (QED) is 0.389. The smallest absolute Gasteiger partial charge is 0.164 e. The number of hydrogen-bond acceptors (Lipinski definition) is 1. The van der Waals surface area contributed by atoms with Crippen molar-refractivity contribution in [2.24, 2.45) is 0 Å². The van der Waals surface area contributed by atoms with E-state index in [9.17, 15) is 4.79 Å². The molecule has 2 heteroatoms. The normalized spacial score (nSPS) is 10.2. The van der Waals surface area contributed by atoms with Crippen LogP contribution < -0.4 is 0 Å². The van der Waals surface area contributed by atoms with Gasteiger partial charge in [-0.3, -0.25) is 4.79 Å². The Morgan fingerprint density at radius 3 is 2.82 bits per heavy atom. The van der Waals surface area contributed by atoms with Crippen molar-refractivity contribution in [1.29, 1.82) is 0 Å². The van der Waals surface area contributed by atoms with E-state index in [1.165, 1.54) is 0 Å². The molecule has 1 rings (SSSR count). The number of rotatable bonds is 7. The largest absolute Gasteiger partial charge is 0.294 e. The topological polar surface area (TPSA) is 17.1 Å². The first kappa shape index (κ1) is 14.2. The van der Waals surface area contributed by atoms with Gasteiger partial charge in [-0.2, -0.15) is 0 Å². The van der Waals surface area contributed by atoms with Crippen LogP contribution in [0.25, 0.3) is 0 Å². The standard InChI is InChI=1S/C15H19BrO/c1-3-4-5-6-7-11-14(17)13-10-8-9-12(2)15(13)16/h3,8-10H,1,4-7,11H2,2H3. The summed E-state index contributed by atoms with van der Waals surface area (Å²) in [5.74, 6) is 0.235. The van der Waals surface area contributed by atoms with E-state index in [-0.39, 0.29) is 5.78 Å². The fraction of sp³-hybridized carbons (Fsp3) is 0.400. The Bertz CT molecular complexity index is 396. The maximum absolute atomic E-state index is 12.0. The fourth-order valence-electron chi connectivity index (χ4n) is 1.75. The van der Waals surface area contributed by atoms with E-state index in [0.717, 1.165) is 41.3 Å². The molecule has 0 N–H and O–H groups in total. The highest BCUT2D eigenvalue weighted by Gasteiger charge is 2.10. The molecule has 0 atom stereocenters. The summed E-state index contributed by atoms with van der Waals surface area (Å²) in [5, 5.41) is 0. The van der Waals surface area contributed by atoms with Crippen molar-refractivity contribution in [3.05, 3.63) is 46.5 Å². The van der Waals surface area contributed by atoms with Crippen LogP contribution in [0.4, 0.5) is 0 Å². The van der Waals surface area contributed by atoms with E-state index in [0.29, 0.717) is 6.42 Å². The molecule has 0 saturated heterocycles. The number of allylic oxidation sites excluding steroid dienone is 1. The van der Waals surface area contributed by atoms with Gasteiger partial charge in [0.25, 0.3) is 0 Å². The lowest BCUT2D eigenvalue weighted by molar-refractivity contribution is 0.0978. The first-order valence-corrected chi connectivity index (χ1v) is 6.85. The molecule has 0 aliphatic rings. The van der Waals surface area contributed by atoms with Gasteiger partial charge in [0.15, 0.2) is 5.78 Å². The zero-order valence-electron chi connectivity index (χ0n) is 10.3. The van der Waals surface area contributed by atoms with E-state index in [4.69, 9.17) is 0 Å². The van der Waals surface area contributed by atoms with Gasteiger partial charge in [-0.1, -0.05) is 30.7 Å². The molecule has 1 aromatic rings. The maximum atomic E-state index is 12.0. The zero-order chi connectivity index (χ0) is 12.7. The Labute approximate surface area is 112 Å². The first-order valence-electron chi connectivity index (χ1n) is 6.06. The second kappa shape index (κ2) is 7.44. The average molecular weight is 295 g/mol. The van der Waals surface area contributed by atoms with Gasteiger partial charge in [0.2, 0.25) is 0 Å². The minimum Gasteiger partial charge on any atom is -0.294 e. The molecule has 1 nitrogen and oxygen atoms in total. The number of ketones is 1. The predicted molar refractivity (Wildman–Crippen MR) is 76.5 cm³/mol. The Hall–Kier alpha value is -0.890. The van der Waals surface area contributed by atoms with Crippen LogP contribution >= 0.6 is 15.9 Å². The lowest BCUT2D eigenvalue weighted by atomic mass is 10.0. The Morgan fingerprint density at radius 1 is 1.35 bits per heavy atom. The molecule has 0 spiro atoms. The van der Waals surface area contributed by atoms with E-state index < -0.39 is 0 Å². The monoisotopic (exact) mass is 294 g/mol. The third kappa shape index (κ3) is 4.47. The van der Waals surface area contributed by atoms with E-state index >= 15 is 0 Å². The Morgan fingerprint density at radius 2 is 2.12 bits per heavy atom. The van der Waals surface area contributed by atoms with Crippen LogP contribution in [0.2, 0.25) is 0 Å². The number of carbonyl (C=O) groups excluding carboxylic acids is 1. The third-order valence-corrected chi connectivity index (χ3v) is 3.86. The molecule has 0 fully saturated rings. The highest BCUT2D eigenvalue weighted by Crippen LogP contribution is 2.23. The molecule has 92 valence electrons. The summed E-state index contributed by atoms with van der Waals surface area (Å²) < 4.78 is 0.941. The molecular formula is C15H19BrO. The number of unbranched alkanes of at least 4 members (excludes halogenated alkanes) is 3. The number of carbonyl (C=O) groups is 1. The fourth-order valence-corrected chi connectivity index (χ4v) is 2.23. The second-order valence-electron chi connectivity index (χ2n) is 4.25. The van der Waals surface area contributed by atoms with Crippen LogP contribution in [0.15, 0.2) is 35.3 Å². The van der Waals surface area contributed by atoms with Crippen molar-refractivity contribution < 1.29 is 4.79 Å². The number of hydrogen-bond donors (Lipinski definition) is 0. The van der Waals surface area contributed by atoms with Gasteiger partial charge in [-0.15, -0.1) is 6.58 Å². The summed E-state index contributed by atoms with van der Waals surface area (Å²) in [6, 6.07) is 5.83. The minimum atomic E-state index is 0.235. The van der Waals surface area contributed by atoms with E-state index in [1.807, 2.05) is 31.2 Å². The van der Waals surface area contributed by atoms with Gasteiger partial charge < -0.3 is 0 Å². The van der Waals surface area contributed by atoms with Crippen LogP contribution in [-0.4, -0.2) is 5.78 Å². The molecule has 17 heavy (non-hydrogen) atoms. The van der Waals surface area contributed by atoms with Crippen LogP contribution in [0.1, 0.15) is 48.0 Å². The highest BCUT2D eigenvalue weighted by atomic mass is 79.9. The molecule has 1 aromatic carbocycles. The predicted octanol–water partition coefficient (Wildman–Crippen LogP) is 5.08. The van der Waals surface area contributed by atoms with Crippen LogP contribution in [0.3, 0.4) is 0 Å².